The number of hydrogen-bond donors (Lipinski definition) is 3. The molecule has 2 aromatic rings. The molecule has 4 N–H and O–H groups in total. The third-order valence-electron chi connectivity index (χ3n) is 10.6. The lowest BCUT2D eigenvalue weighted by molar-refractivity contribution is -0.143. The number of nitrogens with one attached hydrogen (secondary N) is 1. The predicted molar refractivity (Wildman–Crippen MR) is 194 cm³/mol. The molecular formula is C35H45Br2N7O5. The zero-order valence-electron chi connectivity index (χ0n) is 27.7. The number of carbonyl (C=O) groups is 4. The molecule has 6 rings (SSSR count). The minimum Gasteiger partial charge on any atom is -0.480 e. The molecule has 264 valence electrons. The maximum atomic E-state index is 14.2. The summed E-state index contributed by atoms with van der Waals surface area (Å²) in [5.74, 6) is -1.35. The molecule has 0 radical (unpaired) electrons. The fourth-order valence-corrected chi connectivity index (χ4v) is 9.04. The quantitative estimate of drug-likeness (QED) is 0.323. The molecule has 2 aromatic carbocycles. The Labute approximate surface area is 304 Å². The molecule has 0 aliphatic carbocycles. The molecule has 14 heteroatoms. The Morgan fingerprint density at radius 3 is 2.14 bits per heavy atom. The molecule has 1 atom stereocenters. The Balaban J connectivity index is 1.07. The third-order valence-corrected chi connectivity index (χ3v) is 11.9. The molecule has 0 bridgehead atoms. The van der Waals surface area contributed by atoms with Crippen LogP contribution in [0.25, 0.3) is 0 Å². The summed E-state index contributed by atoms with van der Waals surface area (Å²) in [5.41, 5.74) is 9.59. The van der Waals surface area contributed by atoms with Crippen molar-refractivity contribution in [1.29, 1.82) is 0 Å². The summed E-state index contributed by atoms with van der Waals surface area (Å²) >= 11 is 7.06. The second kappa shape index (κ2) is 15.8. The SMILES string of the molecule is Nc1c(Br)cc(C[C@H](CC(=O)N2CCC(N3Cc4ccccc4NC3=O)CC2)C(=O)N2CCC(N3CCN(CC(=O)O)CC3)CC2)cc1Br. The number of hydrogen-bond acceptors (Lipinski definition) is 7. The number of nitrogens with two attached hydrogens (primary N) is 1. The van der Waals surface area contributed by atoms with Crippen LogP contribution in [0.3, 0.4) is 0 Å². The van der Waals surface area contributed by atoms with Crippen LogP contribution in [-0.2, 0) is 27.3 Å². The van der Waals surface area contributed by atoms with Gasteiger partial charge in [0.1, 0.15) is 0 Å². The van der Waals surface area contributed by atoms with Gasteiger partial charge in [-0.05, 0) is 93.3 Å². The number of benzene rings is 2. The average Bonchev–Trinajstić information content (AvgIpc) is 3.10. The van der Waals surface area contributed by atoms with Gasteiger partial charge < -0.3 is 30.9 Å². The van der Waals surface area contributed by atoms with Crippen molar-refractivity contribution in [3.63, 3.8) is 0 Å². The lowest BCUT2D eigenvalue weighted by Gasteiger charge is -2.43. The molecule has 4 heterocycles. The minimum atomic E-state index is -0.797. The third kappa shape index (κ3) is 8.58. The van der Waals surface area contributed by atoms with E-state index in [1.54, 1.807) is 0 Å². The van der Waals surface area contributed by atoms with Crippen LogP contribution < -0.4 is 11.1 Å². The molecule has 0 aromatic heterocycles. The van der Waals surface area contributed by atoms with Crippen molar-refractivity contribution < 1.29 is 24.3 Å². The number of nitrogens with zero attached hydrogens (tertiary/aromatic N) is 5. The fraction of sp³-hybridized carbons (Fsp3) is 0.543. The molecular weight excluding hydrogens is 758 g/mol. The van der Waals surface area contributed by atoms with Crippen LogP contribution in [0, 0.1) is 5.92 Å². The van der Waals surface area contributed by atoms with E-state index in [-0.39, 0.29) is 36.9 Å². The molecule has 12 nitrogen and oxygen atoms in total. The summed E-state index contributed by atoms with van der Waals surface area (Å²) in [6.07, 6.45) is 3.62. The monoisotopic (exact) mass is 801 g/mol. The predicted octanol–water partition coefficient (Wildman–Crippen LogP) is 4.07. The first-order chi connectivity index (χ1) is 23.5. The van der Waals surface area contributed by atoms with Gasteiger partial charge in [-0.1, -0.05) is 18.2 Å². The van der Waals surface area contributed by atoms with Crippen molar-refractivity contribution in [3.8, 4) is 0 Å². The molecule has 4 aliphatic heterocycles. The smallest absolute Gasteiger partial charge is 0.322 e. The van der Waals surface area contributed by atoms with E-state index >= 15 is 0 Å². The van der Waals surface area contributed by atoms with Crippen LogP contribution in [0.2, 0.25) is 0 Å². The summed E-state index contributed by atoms with van der Waals surface area (Å²) in [4.78, 5) is 62.0. The first kappa shape index (κ1) is 35.6. The highest BCUT2D eigenvalue weighted by Crippen LogP contribution is 2.32. The van der Waals surface area contributed by atoms with E-state index in [2.05, 4.69) is 42.1 Å². The van der Waals surface area contributed by atoms with Crippen molar-refractivity contribution in [1.82, 2.24) is 24.5 Å². The summed E-state index contributed by atoms with van der Waals surface area (Å²) in [5, 5.41) is 12.1. The second-order valence-electron chi connectivity index (χ2n) is 13.7. The van der Waals surface area contributed by atoms with Crippen LogP contribution in [0.4, 0.5) is 16.2 Å². The molecule has 0 spiro atoms. The Morgan fingerprint density at radius 2 is 1.49 bits per heavy atom. The van der Waals surface area contributed by atoms with Crippen LogP contribution in [0.15, 0.2) is 45.3 Å². The number of rotatable bonds is 9. The van der Waals surface area contributed by atoms with Gasteiger partial charge in [0.2, 0.25) is 11.8 Å². The Bertz CT molecular complexity index is 1530. The number of likely N-dealkylation sites (tertiary alicyclic amines) is 2. The van der Waals surface area contributed by atoms with Crippen molar-refractivity contribution >= 4 is 67.0 Å². The lowest BCUT2D eigenvalue weighted by Crippen LogP contribution is -2.55. The van der Waals surface area contributed by atoms with Crippen molar-refractivity contribution in [2.24, 2.45) is 5.92 Å². The molecule has 49 heavy (non-hydrogen) atoms. The van der Waals surface area contributed by atoms with Gasteiger partial charge >= 0.3 is 12.0 Å². The van der Waals surface area contributed by atoms with E-state index in [9.17, 15) is 19.2 Å². The molecule has 0 saturated carbocycles. The number of carboxylic acid groups (broad SMARTS) is 1. The number of para-hydroxylation sites is 1. The second-order valence-corrected chi connectivity index (χ2v) is 15.4. The number of carbonyl (C=O) groups excluding carboxylic acids is 3. The maximum absolute atomic E-state index is 14.2. The number of urea groups is 1. The van der Waals surface area contributed by atoms with Crippen LogP contribution in [-0.4, -0.2) is 124 Å². The van der Waals surface area contributed by atoms with Crippen LogP contribution in [0.5, 0.6) is 0 Å². The van der Waals surface area contributed by atoms with Crippen LogP contribution >= 0.6 is 31.9 Å². The number of aliphatic carboxylic acids is 1. The van der Waals surface area contributed by atoms with Gasteiger partial charge in [0, 0.05) is 92.0 Å². The van der Waals surface area contributed by atoms with Gasteiger partial charge in [-0.25, -0.2) is 4.79 Å². The van der Waals surface area contributed by atoms with E-state index < -0.39 is 11.9 Å². The van der Waals surface area contributed by atoms with E-state index in [4.69, 9.17) is 10.8 Å². The van der Waals surface area contributed by atoms with E-state index in [1.165, 1.54) is 0 Å². The topological polar surface area (TPSA) is 143 Å². The number of amides is 4. The molecule has 4 aliphatic rings. The number of piperazine rings is 1. The summed E-state index contributed by atoms with van der Waals surface area (Å²) in [7, 11) is 0. The van der Waals surface area contributed by atoms with Gasteiger partial charge in [0.15, 0.2) is 0 Å². The lowest BCUT2D eigenvalue weighted by atomic mass is 9.91. The van der Waals surface area contributed by atoms with Crippen molar-refractivity contribution in [2.75, 3.05) is 70.0 Å². The number of anilines is 2. The van der Waals surface area contributed by atoms with Gasteiger partial charge in [0.05, 0.1) is 18.2 Å². The highest BCUT2D eigenvalue weighted by atomic mass is 79.9. The summed E-state index contributed by atoms with van der Waals surface area (Å²) in [6, 6.07) is 12.0. The van der Waals surface area contributed by atoms with Gasteiger partial charge in [-0.3, -0.25) is 24.2 Å². The summed E-state index contributed by atoms with van der Waals surface area (Å²) < 4.78 is 1.48. The Kier molecular flexibility index (Phi) is 11.5. The van der Waals surface area contributed by atoms with Crippen molar-refractivity contribution in [3.05, 3.63) is 56.5 Å². The van der Waals surface area contributed by atoms with Gasteiger partial charge in [0.25, 0.3) is 0 Å². The standard InChI is InChI=1S/C35H45Br2N7O5/c36-28-18-23(19-29(37)33(28)38)17-25(34(48)43-11-5-26(6-12-43)41-15-13-40(14-16-41)22-32(46)47)20-31(45)42-9-7-27(8-10-42)44-21-24-3-1-2-4-30(24)39-35(44)49/h1-4,18-19,25-27H,5-17,20-22,38H2,(H,39,49)(H,46,47)/t25-/m1/s1. The number of halogens is 2. The van der Waals surface area contributed by atoms with Crippen molar-refractivity contribution in [2.45, 2.75) is 57.2 Å². The summed E-state index contributed by atoms with van der Waals surface area (Å²) in [6.45, 7) is 6.10. The average molecular weight is 804 g/mol. The Morgan fingerprint density at radius 1 is 0.878 bits per heavy atom. The highest BCUT2D eigenvalue weighted by Gasteiger charge is 2.36. The Hall–Kier alpha value is -3.20. The van der Waals surface area contributed by atoms with E-state index in [0.29, 0.717) is 63.7 Å². The molecule has 4 amide bonds. The molecule has 3 fully saturated rings. The molecule has 3 saturated heterocycles. The first-order valence-corrected chi connectivity index (χ1v) is 18.8. The fourth-order valence-electron chi connectivity index (χ4n) is 7.76. The van der Waals surface area contributed by atoms with E-state index in [1.807, 2.05) is 56.0 Å². The zero-order valence-corrected chi connectivity index (χ0v) is 30.8. The normalized spacial score (nSPS) is 20.5. The number of nitrogen functional groups attached to an aromatic ring is 1. The number of piperidine rings is 2. The van der Waals surface area contributed by atoms with Gasteiger partial charge in [-0.15, -0.1) is 0 Å². The van der Waals surface area contributed by atoms with Gasteiger partial charge in [-0.2, -0.15) is 0 Å². The first-order valence-electron chi connectivity index (χ1n) is 17.2. The van der Waals surface area contributed by atoms with E-state index in [0.717, 1.165) is 64.8 Å². The highest BCUT2D eigenvalue weighted by molar-refractivity contribution is 9.11. The number of fused-ring (bicyclic) bond motifs is 1. The zero-order chi connectivity index (χ0) is 34.7. The largest absolute Gasteiger partial charge is 0.480 e. The minimum absolute atomic E-state index is 0.000636. The van der Waals surface area contributed by atoms with Crippen LogP contribution in [0.1, 0.15) is 43.2 Å². The maximum Gasteiger partial charge on any atom is 0.322 e. The number of carboxylic acids is 1. The molecule has 0 unspecified atom stereocenters.